The second-order valence-corrected chi connectivity index (χ2v) is 6.77. The smallest absolute Gasteiger partial charge is 0.337 e. The molecule has 2 aromatic carbocycles. The number of esters is 1. The normalized spacial score (nSPS) is 16.3. The molecule has 29 heavy (non-hydrogen) atoms. The highest BCUT2D eigenvalue weighted by atomic mass is 32.1. The van der Waals surface area contributed by atoms with Crippen molar-refractivity contribution < 1.29 is 19.0 Å². The third-order valence-electron chi connectivity index (χ3n) is 4.73. The SMILES string of the molecule is CCOc1cc(C2NC(=S)N(c3ccccc3)C(C)=C2C(=O)OC)ccc1OC. The van der Waals surface area contributed by atoms with Crippen LogP contribution < -0.4 is 19.7 Å². The Morgan fingerprint density at radius 1 is 1.14 bits per heavy atom. The van der Waals surface area contributed by atoms with Gasteiger partial charge in [0.05, 0.1) is 32.4 Å². The summed E-state index contributed by atoms with van der Waals surface area (Å²) in [4.78, 5) is 14.6. The van der Waals surface area contributed by atoms with Crippen molar-refractivity contribution in [3.8, 4) is 11.5 Å². The summed E-state index contributed by atoms with van der Waals surface area (Å²) in [5.74, 6) is 0.810. The minimum atomic E-state index is -0.472. The van der Waals surface area contributed by atoms with Gasteiger partial charge < -0.3 is 19.5 Å². The third kappa shape index (κ3) is 4.05. The first kappa shape index (κ1) is 20.7. The Balaban J connectivity index is 2.12. The van der Waals surface area contributed by atoms with E-state index in [4.69, 9.17) is 26.4 Å². The number of para-hydroxylation sites is 1. The van der Waals surface area contributed by atoms with Crippen LogP contribution in [-0.4, -0.2) is 31.9 Å². The minimum Gasteiger partial charge on any atom is -0.493 e. The van der Waals surface area contributed by atoms with Gasteiger partial charge in [0, 0.05) is 11.4 Å². The van der Waals surface area contributed by atoms with Gasteiger partial charge >= 0.3 is 5.97 Å². The molecule has 0 spiro atoms. The molecule has 0 bridgehead atoms. The molecule has 6 nitrogen and oxygen atoms in total. The molecular weight excluding hydrogens is 388 g/mol. The van der Waals surface area contributed by atoms with Crippen LogP contribution in [0.1, 0.15) is 25.5 Å². The molecule has 1 heterocycles. The zero-order valence-corrected chi connectivity index (χ0v) is 17.7. The molecule has 152 valence electrons. The molecule has 1 unspecified atom stereocenters. The monoisotopic (exact) mass is 412 g/mol. The van der Waals surface area contributed by atoms with Crippen molar-refractivity contribution in [3.05, 3.63) is 65.4 Å². The first-order chi connectivity index (χ1) is 14.0. The number of carbonyl (C=O) groups excluding carboxylic acids is 1. The third-order valence-corrected chi connectivity index (χ3v) is 5.03. The number of carbonyl (C=O) groups is 1. The molecule has 0 aliphatic carbocycles. The predicted octanol–water partition coefficient (Wildman–Crippen LogP) is 3.98. The Kier molecular flexibility index (Phi) is 6.39. The molecule has 0 radical (unpaired) electrons. The van der Waals surface area contributed by atoms with Crippen molar-refractivity contribution >= 4 is 29.0 Å². The molecular formula is C22H24N2O4S. The lowest BCUT2D eigenvalue weighted by Crippen LogP contribution is -2.48. The number of benzene rings is 2. The van der Waals surface area contributed by atoms with E-state index < -0.39 is 12.0 Å². The first-order valence-electron chi connectivity index (χ1n) is 9.27. The van der Waals surface area contributed by atoms with Crippen LogP contribution in [-0.2, 0) is 9.53 Å². The minimum absolute atomic E-state index is 0.419. The average molecular weight is 413 g/mol. The highest BCUT2D eigenvalue weighted by Gasteiger charge is 2.35. The van der Waals surface area contributed by atoms with E-state index in [2.05, 4.69) is 5.32 Å². The number of nitrogens with one attached hydrogen (secondary N) is 1. The van der Waals surface area contributed by atoms with Crippen LogP contribution in [0.2, 0.25) is 0 Å². The summed E-state index contributed by atoms with van der Waals surface area (Å²) in [5.41, 5.74) is 2.89. The second-order valence-electron chi connectivity index (χ2n) is 6.39. The number of hydrogen-bond donors (Lipinski definition) is 1. The summed E-state index contributed by atoms with van der Waals surface area (Å²) in [7, 11) is 2.96. The zero-order chi connectivity index (χ0) is 21.0. The molecule has 0 fully saturated rings. The van der Waals surface area contributed by atoms with Crippen LogP contribution in [0.25, 0.3) is 0 Å². The molecule has 0 amide bonds. The van der Waals surface area contributed by atoms with Crippen molar-refractivity contribution in [2.75, 3.05) is 25.7 Å². The number of ether oxygens (including phenoxy) is 3. The van der Waals surface area contributed by atoms with Crippen LogP contribution >= 0.6 is 12.2 Å². The van der Waals surface area contributed by atoms with Gasteiger partial charge in [0.2, 0.25) is 0 Å². The second kappa shape index (κ2) is 8.96. The van der Waals surface area contributed by atoms with Gasteiger partial charge in [-0.1, -0.05) is 24.3 Å². The quantitative estimate of drug-likeness (QED) is 0.569. The fourth-order valence-corrected chi connectivity index (χ4v) is 3.76. The molecule has 3 rings (SSSR count). The largest absolute Gasteiger partial charge is 0.493 e. The van der Waals surface area contributed by atoms with Gasteiger partial charge in [-0.2, -0.15) is 0 Å². The lowest BCUT2D eigenvalue weighted by atomic mass is 9.94. The average Bonchev–Trinajstić information content (AvgIpc) is 2.74. The van der Waals surface area contributed by atoms with Gasteiger partial charge in [0.25, 0.3) is 0 Å². The van der Waals surface area contributed by atoms with Gasteiger partial charge in [-0.3, -0.25) is 4.90 Å². The fourth-order valence-electron chi connectivity index (χ4n) is 3.40. The van der Waals surface area contributed by atoms with E-state index in [0.29, 0.717) is 34.5 Å². The van der Waals surface area contributed by atoms with E-state index in [1.54, 1.807) is 7.11 Å². The molecule has 2 aromatic rings. The van der Waals surface area contributed by atoms with Crippen LogP contribution in [0.5, 0.6) is 11.5 Å². The van der Waals surface area contributed by atoms with Crippen LogP contribution in [0.3, 0.4) is 0 Å². The standard InChI is InChI=1S/C22H24N2O4S/c1-5-28-18-13-15(11-12-17(18)26-3)20-19(21(25)27-4)14(2)24(22(29)23-20)16-9-7-6-8-10-16/h6-13,20H,5H2,1-4H3,(H,23,29). The van der Waals surface area contributed by atoms with Crippen molar-refractivity contribution in [2.24, 2.45) is 0 Å². The van der Waals surface area contributed by atoms with Gasteiger partial charge in [-0.05, 0) is 55.9 Å². The molecule has 1 atom stereocenters. The summed E-state index contributed by atoms with van der Waals surface area (Å²) in [6, 6.07) is 14.7. The number of nitrogens with zero attached hydrogens (tertiary/aromatic N) is 1. The maximum atomic E-state index is 12.7. The molecule has 7 heteroatoms. The Morgan fingerprint density at radius 2 is 1.86 bits per heavy atom. The van der Waals surface area contributed by atoms with Gasteiger partial charge in [-0.15, -0.1) is 0 Å². The lowest BCUT2D eigenvalue weighted by Gasteiger charge is -2.37. The number of methoxy groups -OCH3 is 2. The van der Waals surface area contributed by atoms with E-state index in [-0.39, 0.29) is 0 Å². The maximum Gasteiger partial charge on any atom is 0.337 e. The topological polar surface area (TPSA) is 60.0 Å². The highest BCUT2D eigenvalue weighted by Crippen LogP contribution is 2.37. The van der Waals surface area contributed by atoms with E-state index in [1.165, 1.54) is 7.11 Å². The molecule has 1 aliphatic heterocycles. The van der Waals surface area contributed by atoms with E-state index in [9.17, 15) is 4.79 Å². The van der Waals surface area contributed by atoms with Gasteiger partial charge in [0.15, 0.2) is 16.6 Å². The Morgan fingerprint density at radius 3 is 2.48 bits per heavy atom. The molecule has 0 saturated carbocycles. The summed E-state index contributed by atoms with van der Waals surface area (Å²) in [6.07, 6.45) is 0. The lowest BCUT2D eigenvalue weighted by molar-refractivity contribution is -0.136. The molecule has 1 N–H and O–H groups in total. The van der Waals surface area contributed by atoms with Crippen molar-refractivity contribution in [2.45, 2.75) is 19.9 Å². The number of anilines is 1. The number of allylic oxidation sites excluding steroid dienone is 1. The first-order valence-corrected chi connectivity index (χ1v) is 9.68. The number of hydrogen-bond acceptors (Lipinski definition) is 5. The van der Waals surface area contributed by atoms with Gasteiger partial charge in [-0.25, -0.2) is 4.79 Å². The van der Waals surface area contributed by atoms with Crippen molar-refractivity contribution in [3.63, 3.8) is 0 Å². The zero-order valence-electron chi connectivity index (χ0n) is 16.9. The van der Waals surface area contributed by atoms with E-state index in [1.807, 2.05) is 67.3 Å². The Labute approximate surface area is 176 Å². The molecule has 1 aliphatic rings. The summed E-state index contributed by atoms with van der Waals surface area (Å²) in [5, 5.41) is 3.79. The van der Waals surface area contributed by atoms with Crippen molar-refractivity contribution in [1.29, 1.82) is 0 Å². The summed E-state index contributed by atoms with van der Waals surface area (Å²) in [6.45, 7) is 4.27. The number of thiocarbonyl (C=S) groups is 1. The van der Waals surface area contributed by atoms with Crippen LogP contribution in [0.15, 0.2) is 59.8 Å². The maximum absolute atomic E-state index is 12.7. The predicted molar refractivity (Wildman–Crippen MR) is 116 cm³/mol. The van der Waals surface area contributed by atoms with E-state index in [0.717, 1.165) is 11.3 Å². The number of rotatable bonds is 6. The highest BCUT2D eigenvalue weighted by molar-refractivity contribution is 7.80. The molecule has 0 aromatic heterocycles. The Bertz CT molecular complexity index is 943. The summed E-state index contributed by atoms with van der Waals surface area (Å²) < 4.78 is 16.2. The summed E-state index contributed by atoms with van der Waals surface area (Å²) >= 11 is 5.64. The fraction of sp³-hybridized carbons (Fsp3) is 0.273. The van der Waals surface area contributed by atoms with E-state index >= 15 is 0 Å². The Hall–Kier alpha value is -3.06. The van der Waals surface area contributed by atoms with Gasteiger partial charge in [0.1, 0.15) is 0 Å². The van der Waals surface area contributed by atoms with Crippen LogP contribution in [0.4, 0.5) is 5.69 Å². The van der Waals surface area contributed by atoms with Crippen LogP contribution in [0, 0.1) is 0 Å². The van der Waals surface area contributed by atoms with Crippen molar-refractivity contribution in [1.82, 2.24) is 5.32 Å². The molecule has 0 saturated heterocycles.